The van der Waals surface area contributed by atoms with Gasteiger partial charge in [-0.25, -0.2) is 9.59 Å². The van der Waals surface area contributed by atoms with Gasteiger partial charge in [0.15, 0.2) is 0 Å². The van der Waals surface area contributed by atoms with Crippen molar-refractivity contribution in [1.82, 2.24) is 5.32 Å². The standard InChI is InChI=1S/C22H26BNO6S/c1-21(2)22(3,4)30-23(29-21)16(12-18-17(19(25)26)10-11-31-18)13-24-20(27)28-14-15-8-6-5-7-9-15/h5-12H,13-14H2,1-4H3,(H,24,27)(H,25,26). The molecule has 1 amide bonds. The Bertz CT molecular complexity index is 953. The van der Waals surface area contributed by atoms with E-state index in [1.165, 1.54) is 11.3 Å². The number of hydrogen-bond donors (Lipinski definition) is 2. The van der Waals surface area contributed by atoms with Crippen LogP contribution in [0.15, 0.2) is 47.3 Å². The lowest BCUT2D eigenvalue weighted by atomic mass is 9.77. The number of carbonyl (C=O) groups excluding carboxylic acids is 1. The predicted octanol–water partition coefficient (Wildman–Crippen LogP) is 4.39. The molecule has 2 N–H and O–H groups in total. The van der Waals surface area contributed by atoms with Gasteiger partial charge in [-0.2, -0.15) is 0 Å². The van der Waals surface area contributed by atoms with E-state index in [2.05, 4.69) is 5.32 Å². The van der Waals surface area contributed by atoms with Crippen LogP contribution in [0.5, 0.6) is 0 Å². The summed E-state index contributed by atoms with van der Waals surface area (Å²) in [7, 11) is -0.733. The Labute approximate surface area is 186 Å². The molecule has 0 bridgehead atoms. The van der Waals surface area contributed by atoms with Crippen LogP contribution in [0.3, 0.4) is 0 Å². The highest BCUT2D eigenvalue weighted by molar-refractivity contribution is 7.11. The van der Waals surface area contributed by atoms with Crippen molar-refractivity contribution in [3.05, 3.63) is 63.3 Å². The highest BCUT2D eigenvalue weighted by atomic mass is 32.1. The Balaban J connectivity index is 1.75. The number of alkyl carbamates (subject to hydrolysis) is 1. The summed E-state index contributed by atoms with van der Waals surface area (Å²) in [5, 5.41) is 13.8. The fourth-order valence-electron chi connectivity index (χ4n) is 2.92. The second-order valence-corrected chi connectivity index (χ2v) is 9.17. The Hall–Kier alpha value is -2.62. The summed E-state index contributed by atoms with van der Waals surface area (Å²) in [5.41, 5.74) is 0.515. The van der Waals surface area contributed by atoms with E-state index in [1.54, 1.807) is 17.5 Å². The van der Waals surface area contributed by atoms with Crippen molar-refractivity contribution in [1.29, 1.82) is 0 Å². The molecule has 1 aromatic carbocycles. The van der Waals surface area contributed by atoms with Gasteiger partial charge in [-0.3, -0.25) is 0 Å². The first-order valence-electron chi connectivity index (χ1n) is 9.90. The van der Waals surface area contributed by atoms with Crippen molar-refractivity contribution < 1.29 is 28.7 Å². The molecule has 3 rings (SSSR count). The maximum Gasteiger partial charge on any atom is 0.492 e. The van der Waals surface area contributed by atoms with Crippen molar-refractivity contribution in [3.8, 4) is 0 Å². The van der Waals surface area contributed by atoms with Gasteiger partial charge in [-0.1, -0.05) is 30.3 Å². The molecule has 2 heterocycles. The molecule has 0 spiro atoms. The molecule has 7 nitrogen and oxygen atoms in total. The van der Waals surface area contributed by atoms with E-state index in [1.807, 2.05) is 58.0 Å². The topological polar surface area (TPSA) is 94.1 Å². The number of nitrogens with one attached hydrogen (secondary N) is 1. The Kier molecular flexibility index (Phi) is 6.88. The predicted molar refractivity (Wildman–Crippen MR) is 120 cm³/mol. The lowest BCUT2D eigenvalue weighted by Crippen LogP contribution is -2.41. The second-order valence-electron chi connectivity index (χ2n) is 8.23. The highest BCUT2D eigenvalue weighted by Crippen LogP contribution is 2.39. The van der Waals surface area contributed by atoms with E-state index >= 15 is 0 Å². The molecular formula is C22H26BNO6S. The summed E-state index contributed by atoms with van der Waals surface area (Å²) in [6, 6.07) is 10.9. The minimum Gasteiger partial charge on any atom is -0.478 e. The Morgan fingerprint density at radius 1 is 1.13 bits per heavy atom. The molecule has 31 heavy (non-hydrogen) atoms. The van der Waals surface area contributed by atoms with Crippen LogP contribution in [0.1, 0.15) is 48.5 Å². The Morgan fingerprint density at radius 3 is 2.39 bits per heavy atom. The van der Waals surface area contributed by atoms with Gasteiger partial charge in [-0.05, 0) is 56.3 Å². The number of thiophene rings is 1. The van der Waals surface area contributed by atoms with Gasteiger partial charge >= 0.3 is 19.2 Å². The number of rotatable bonds is 7. The van der Waals surface area contributed by atoms with E-state index in [9.17, 15) is 14.7 Å². The van der Waals surface area contributed by atoms with E-state index in [-0.39, 0.29) is 18.7 Å². The van der Waals surface area contributed by atoms with Gasteiger partial charge in [-0.15, -0.1) is 11.3 Å². The van der Waals surface area contributed by atoms with Gasteiger partial charge in [0.05, 0.1) is 16.8 Å². The third-order valence-electron chi connectivity index (χ3n) is 5.45. The molecule has 0 unspecified atom stereocenters. The van der Waals surface area contributed by atoms with Crippen molar-refractivity contribution in [2.24, 2.45) is 0 Å². The van der Waals surface area contributed by atoms with E-state index < -0.39 is 30.4 Å². The van der Waals surface area contributed by atoms with Gasteiger partial charge in [0, 0.05) is 11.4 Å². The monoisotopic (exact) mass is 443 g/mol. The highest BCUT2D eigenvalue weighted by Gasteiger charge is 2.52. The maximum atomic E-state index is 12.2. The third kappa shape index (κ3) is 5.55. The molecule has 0 atom stereocenters. The van der Waals surface area contributed by atoms with Gasteiger partial charge in [0.25, 0.3) is 0 Å². The smallest absolute Gasteiger partial charge is 0.478 e. The average molecular weight is 443 g/mol. The number of carboxylic acid groups (broad SMARTS) is 1. The number of aromatic carboxylic acids is 1. The van der Waals surface area contributed by atoms with E-state index in [4.69, 9.17) is 14.0 Å². The SMILES string of the molecule is CC1(C)OB(C(=Cc2sccc2C(=O)O)CNC(=O)OCc2ccccc2)OC1(C)C. The molecule has 1 aliphatic rings. The average Bonchev–Trinajstić information content (AvgIpc) is 3.25. The molecule has 0 aliphatic carbocycles. The molecule has 1 aliphatic heterocycles. The zero-order valence-corrected chi connectivity index (χ0v) is 18.8. The summed E-state index contributed by atoms with van der Waals surface area (Å²) in [4.78, 5) is 24.3. The molecule has 9 heteroatoms. The minimum atomic E-state index is -1.02. The zero-order chi connectivity index (χ0) is 22.6. The fraction of sp³-hybridized carbons (Fsp3) is 0.364. The van der Waals surface area contributed by atoms with E-state index in [0.29, 0.717) is 10.3 Å². The van der Waals surface area contributed by atoms with E-state index in [0.717, 1.165) is 5.56 Å². The quantitative estimate of drug-likeness (QED) is 0.617. The summed E-state index contributed by atoms with van der Waals surface area (Å²) < 4.78 is 17.5. The summed E-state index contributed by atoms with van der Waals surface area (Å²) in [5.74, 6) is -1.02. The van der Waals surface area contributed by atoms with Crippen molar-refractivity contribution in [3.63, 3.8) is 0 Å². The number of hydrogen-bond acceptors (Lipinski definition) is 6. The van der Waals surface area contributed by atoms with Crippen LogP contribution in [0.2, 0.25) is 0 Å². The zero-order valence-electron chi connectivity index (χ0n) is 18.0. The third-order valence-corrected chi connectivity index (χ3v) is 6.31. The van der Waals surface area contributed by atoms with Crippen LogP contribution < -0.4 is 5.32 Å². The lowest BCUT2D eigenvalue weighted by Gasteiger charge is -2.32. The number of ether oxygens (including phenoxy) is 1. The lowest BCUT2D eigenvalue weighted by molar-refractivity contribution is 0.00578. The molecule has 164 valence electrons. The van der Waals surface area contributed by atoms with Crippen LogP contribution >= 0.6 is 11.3 Å². The fourth-order valence-corrected chi connectivity index (χ4v) is 3.78. The van der Waals surface area contributed by atoms with Gasteiger partial charge in [0.2, 0.25) is 0 Å². The first-order valence-corrected chi connectivity index (χ1v) is 10.8. The van der Waals surface area contributed by atoms with Crippen LogP contribution in [0, 0.1) is 0 Å². The number of benzene rings is 1. The molecule has 1 fully saturated rings. The van der Waals surface area contributed by atoms with Crippen LogP contribution in [-0.2, 0) is 20.7 Å². The van der Waals surface area contributed by atoms with Crippen molar-refractivity contribution in [2.75, 3.05) is 6.54 Å². The number of carboxylic acids is 1. The number of carbonyl (C=O) groups is 2. The summed E-state index contributed by atoms with van der Waals surface area (Å²) in [6.45, 7) is 7.96. The van der Waals surface area contributed by atoms with Crippen molar-refractivity contribution >= 4 is 36.6 Å². The second kappa shape index (κ2) is 9.26. The van der Waals surface area contributed by atoms with Crippen LogP contribution in [0.4, 0.5) is 4.79 Å². The first-order chi connectivity index (χ1) is 14.6. The molecule has 0 radical (unpaired) electrons. The first kappa shape index (κ1) is 23.1. The summed E-state index contributed by atoms with van der Waals surface area (Å²) in [6.07, 6.45) is 1.12. The van der Waals surface area contributed by atoms with Crippen LogP contribution in [0.25, 0.3) is 6.08 Å². The maximum absolute atomic E-state index is 12.2. The number of amides is 1. The molecule has 1 aromatic heterocycles. The molecule has 0 saturated carbocycles. The molecule has 1 saturated heterocycles. The van der Waals surface area contributed by atoms with Gasteiger partial charge in [0.1, 0.15) is 6.61 Å². The minimum absolute atomic E-state index is 0.0847. The summed E-state index contributed by atoms with van der Waals surface area (Å²) >= 11 is 1.29. The van der Waals surface area contributed by atoms with Crippen LogP contribution in [-0.4, -0.2) is 42.0 Å². The van der Waals surface area contributed by atoms with Gasteiger partial charge < -0.3 is 24.5 Å². The van der Waals surface area contributed by atoms with Crippen molar-refractivity contribution in [2.45, 2.75) is 45.5 Å². The Morgan fingerprint density at radius 2 is 1.77 bits per heavy atom. The normalized spacial score (nSPS) is 17.4. The largest absolute Gasteiger partial charge is 0.492 e. The molecular weight excluding hydrogens is 417 g/mol. The molecule has 2 aromatic rings.